The van der Waals surface area contributed by atoms with Crippen LogP contribution in [0.5, 0.6) is 0 Å². The summed E-state index contributed by atoms with van der Waals surface area (Å²) in [5, 5.41) is 7.49. The largest absolute Gasteiger partial charge is 0.344 e. The van der Waals surface area contributed by atoms with E-state index in [1.54, 1.807) is 42.7 Å². The summed E-state index contributed by atoms with van der Waals surface area (Å²) in [5.74, 6) is 1.09. The number of aromatic amines is 1. The SMILES string of the molecule is CC(C)C(NC(=O)CCc1nc2ccccc2c(=O)[nH]1)c1nc(-c2ccncc2)no1. The second-order valence-corrected chi connectivity index (χ2v) is 7.51. The van der Waals surface area contributed by atoms with Crippen molar-refractivity contribution in [3.8, 4) is 11.4 Å². The molecule has 0 saturated carbocycles. The highest BCUT2D eigenvalue weighted by Crippen LogP contribution is 2.23. The number of hydrogen-bond acceptors (Lipinski definition) is 7. The van der Waals surface area contributed by atoms with Gasteiger partial charge in [-0.05, 0) is 30.2 Å². The second kappa shape index (κ2) is 8.86. The lowest BCUT2D eigenvalue weighted by Crippen LogP contribution is -2.32. The molecule has 0 aliphatic rings. The van der Waals surface area contributed by atoms with Crippen molar-refractivity contribution < 1.29 is 9.32 Å². The Kier molecular flexibility index (Phi) is 5.83. The summed E-state index contributed by atoms with van der Waals surface area (Å²) >= 11 is 0. The van der Waals surface area contributed by atoms with Crippen LogP contribution in [0.15, 0.2) is 58.1 Å². The molecule has 1 amide bonds. The zero-order valence-electron chi connectivity index (χ0n) is 17.2. The Labute approximate surface area is 177 Å². The number of H-pyrrole nitrogens is 1. The molecule has 0 aliphatic carbocycles. The van der Waals surface area contributed by atoms with Gasteiger partial charge in [-0.15, -0.1) is 0 Å². The summed E-state index contributed by atoms with van der Waals surface area (Å²) in [6.45, 7) is 3.92. The van der Waals surface area contributed by atoms with Gasteiger partial charge < -0.3 is 14.8 Å². The standard InChI is InChI=1S/C22H22N6O3/c1-13(2)19(22-27-20(28-31-22)14-9-11-23-12-10-14)26-18(29)8-7-17-24-16-6-4-3-5-15(16)21(30)25-17/h3-6,9-13,19H,7-8H2,1-2H3,(H,26,29)(H,24,25,30). The molecule has 4 aromatic rings. The van der Waals surface area contributed by atoms with Crippen molar-refractivity contribution in [2.75, 3.05) is 0 Å². The lowest BCUT2D eigenvalue weighted by atomic mass is 10.0. The van der Waals surface area contributed by atoms with Crippen LogP contribution in [0.1, 0.15) is 38.0 Å². The first-order valence-electron chi connectivity index (χ1n) is 10.0. The third kappa shape index (κ3) is 4.66. The minimum absolute atomic E-state index is 0.0355. The van der Waals surface area contributed by atoms with E-state index >= 15 is 0 Å². The number of aryl methyl sites for hydroxylation is 1. The number of benzene rings is 1. The van der Waals surface area contributed by atoms with Gasteiger partial charge in [0.2, 0.25) is 17.6 Å². The maximum Gasteiger partial charge on any atom is 0.258 e. The van der Waals surface area contributed by atoms with Gasteiger partial charge in [-0.1, -0.05) is 31.1 Å². The van der Waals surface area contributed by atoms with Crippen molar-refractivity contribution >= 4 is 16.8 Å². The van der Waals surface area contributed by atoms with E-state index in [4.69, 9.17) is 4.52 Å². The molecule has 0 spiro atoms. The summed E-state index contributed by atoms with van der Waals surface area (Å²) in [4.78, 5) is 40.4. The number of hydrogen-bond donors (Lipinski definition) is 2. The monoisotopic (exact) mass is 418 g/mol. The Morgan fingerprint density at radius 2 is 1.90 bits per heavy atom. The number of nitrogens with zero attached hydrogens (tertiary/aromatic N) is 4. The molecule has 3 heterocycles. The van der Waals surface area contributed by atoms with Crippen LogP contribution in [0.4, 0.5) is 0 Å². The summed E-state index contributed by atoms with van der Waals surface area (Å²) in [6, 6.07) is 10.2. The summed E-state index contributed by atoms with van der Waals surface area (Å²) in [7, 11) is 0. The van der Waals surface area contributed by atoms with Gasteiger partial charge in [-0.3, -0.25) is 14.6 Å². The molecule has 1 unspecified atom stereocenters. The lowest BCUT2D eigenvalue weighted by Gasteiger charge is -2.18. The first-order chi connectivity index (χ1) is 15.0. The number of para-hydroxylation sites is 1. The molecule has 158 valence electrons. The summed E-state index contributed by atoms with van der Waals surface area (Å²) in [5.41, 5.74) is 1.18. The van der Waals surface area contributed by atoms with Crippen molar-refractivity contribution in [1.29, 1.82) is 0 Å². The number of carbonyl (C=O) groups is 1. The molecule has 0 bridgehead atoms. The van der Waals surface area contributed by atoms with E-state index < -0.39 is 6.04 Å². The third-order valence-corrected chi connectivity index (χ3v) is 4.88. The highest BCUT2D eigenvalue weighted by molar-refractivity contribution is 5.78. The lowest BCUT2D eigenvalue weighted by molar-refractivity contribution is -0.122. The average Bonchev–Trinajstić information content (AvgIpc) is 3.26. The molecule has 0 radical (unpaired) electrons. The number of pyridine rings is 1. The van der Waals surface area contributed by atoms with Crippen LogP contribution in [-0.2, 0) is 11.2 Å². The van der Waals surface area contributed by atoms with Crippen molar-refractivity contribution in [3.63, 3.8) is 0 Å². The molecular formula is C22H22N6O3. The highest BCUT2D eigenvalue weighted by atomic mass is 16.5. The van der Waals surface area contributed by atoms with Gasteiger partial charge in [0.25, 0.3) is 5.56 Å². The quantitative estimate of drug-likeness (QED) is 0.472. The smallest absolute Gasteiger partial charge is 0.258 e. The normalized spacial score (nSPS) is 12.2. The zero-order valence-corrected chi connectivity index (χ0v) is 17.2. The van der Waals surface area contributed by atoms with E-state index in [9.17, 15) is 9.59 Å². The van der Waals surface area contributed by atoms with Gasteiger partial charge >= 0.3 is 0 Å². The Morgan fingerprint density at radius 1 is 1.13 bits per heavy atom. The second-order valence-electron chi connectivity index (χ2n) is 7.51. The van der Waals surface area contributed by atoms with Crippen LogP contribution >= 0.6 is 0 Å². The van der Waals surface area contributed by atoms with Crippen LogP contribution in [0.25, 0.3) is 22.3 Å². The maximum absolute atomic E-state index is 12.6. The molecule has 1 aromatic carbocycles. The molecule has 9 heteroatoms. The van der Waals surface area contributed by atoms with E-state index in [0.29, 0.717) is 34.9 Å². The predicted molar refractivity (Wildman–Crippen MR) is 114 cm³/mol. The number of rotatable bonds is 7. The highest BCUT2D eigenvalue weighted by Gasteiger charge is 2.25. The van der Waals surface area contributed by atoms with Crippen molar-refractivity contribution in [2.24, 2.45) is 5.92 Å². The fraction of sp³-hybridized carbons (Fsp3) is 0.273. The first kappa shape index (κ1) is 20.4. The molecule has 31 heavy (non-hydrogen) atoms. The Bertz CT molecular complexity index is 1250. The molecule has 4 rings (SSSR count). The van der Waals surface area contributed by atoms with Gasteiger partial charge in [-0.2, -0.15) is 4.98 Å². The Morgan fingerprint density at radius 3 is 2.68 bits per heavy atom. The van der Waals surface area contributed by atoms with Gasteiger partial charge in [0.05, 0.1) is 10.9 Å². The molecule has 0 saturated heterocycles. The molecule has 2 N–H and O–H groups in total. The van der Waals surface area contributed by atoms with Gasteiger partial charge in [-0.25, -0.2) is 4.98 Å². The Hall–Kier alpha value is -3.88. The minimum Gasteiger partial charge on any atom is -0.344 e. The van der Waals surface area contributed by atoms with Crippen LogP contribution in [-0.4, -0.2) is 31.0 Å². The topological polar surface area (TPSA) is 127 Å². The first-order valence-corrected chi connectivity index (χ1v) is 10.0. The van der Waals surface area contributed by atoms with Crippen LogP contribution < -0.4 is 10.9 Å². The summed E-state index contributed by atoms with van der Waals surface area (Å²) in [6.07, 6.45) is 3.77. The van der Waals surface area contributed by atoms with Gasteiger partial charge in [0.15, 0.2) is 0 Å². The van der Waals surface area contributed by atoms with E-state index in [0.717, 1.165) is 5.56 Å². The number of aromatic nitrogens is 5. The number of nitrogens with one attached hydrogen (secondary N) is 2. The van der Waals surface area contributed by atoms with E-state index in [1.807, 2.05) is 19.9 Å². The van der Waals surface area contributed by atoms with Crippen LogP contribution in [0, 0.1) is 5.92 Å². The van der Waals surface area contributed by atoms with Crippen LogP contribution in [0.2, 0.25) is 0 Å². The number of fused-ring (bicyclic) bond motifs is 1. The third-order valence-electron chi connectivity index (χ3n) is 4.88. The van der Waals surface area contributed by atoms with Gasteiger partial charge in [0.1, 0.15) is 11.9 Å². The molecular weight excluding hydrogens is 396 g/mol. The number of amides is 1. The Balaban J connectivity index is 1.44. The van der Waals surface area contributed by atoms with Crippen LogP contribution in [0.3, 0.4) is 0 Å². The average molecular weight is 418 g/mol. The molecule has 3 aromatic heterocycles. The fourth-order valence-electron chi connectivity index (χ4n) is 3.22. The summed E-state index contributed by atoms with van der Waals surface area (Å²) < 4.78 is 5.41. The predicted octanol–water partition coefficient (Wildman–Crippen LogP) is 2.81. The van der Waals surface area contributed by atoms with E-state index in [-0.39, 0.29) is 23.8 Å². The van der Waals surface area contributed by atoms with Gasteiger partial charge in [0, 0.05) is 30.8 Å². The van der Waals surface area contributed by atoms with E-state index in [1.165, 1.54) is 0 Å². The zero-order chi connectivity index (χ0) is 21.8. The molecule has 0 aliphatic heterocycles. The van der Waals surface area contributed by atoms with Crippen molar-refractivity contribution in [3.05, 3.63) is 70.9 Å². The fourth-order valence-corrected chi connectivity index (χ4v) is 3.22. The van der Waals surface area contributed by atoms with Crippen molar-refractivity contribution in [1.82, 2.24) is 30.4 Å². The minimum atomic E-state index is -0.431. The molecule has 1 atom stereocenters. The van der Waals surface area contributed by atoms with E-state index in [2.05, 4.69) is 30.4 Å². The van der Waals surface area contributed by atoms with Crippen molar-refractivity contribution in [2.45, 2.75) is 32.7 Å². The maximum atomic E-state index is 12.6. The molecule has 9 nitrogen and oxygen atoms in total. The molecule has 0 fully saturated rings. The number of carbonyl (C=O) groups excluding carboxylic acids is 1.